The average molecular weight is 539 g/mol. The van der Waals surface area contributed by atoms with Crippen LogP contribution in [0.15, 0.2) is 71.7 Å². The Bertz CT molecular complexity index is 1380. The highest BCUT2D eigenvalue weighted by Crippen LogP contribution is 2.24. The number of carbonyl (C=O) groups is 3. The average Bonchev–Trinajstić information content (AvgIpc) is 2.85. The Morgan fingerprint density at radius 3 is 2.27 bits per heavy atom. The van der Waals surface area contributed by atoms with Crippen LogP contribution >= 0.6 is 23.2 Å². The first kappa shape index (κ1) is 27.0. The lowest BCUT2D eigenvalue weighted by molar-refractivity contribution is -0.139. The molecule has 0 saturated carbocycles. The van der Waals surface area contributed by atoms with Crippen molar-refractivity contribution in [3.63, 3.8) is 0 Å². The lowest BCUT2D eigenvalue weighted by Crippen LogP contribution is -2.42. The van der Waals surface area contributed by atoms with Crippen LogP contribution in [0.3, 0.4) is 0 Å². The summed E-state index contributed by atoms with van der Waals surface area (Å²) in [6, 6.07) is 16.1. The summed E-state index contributed by atoms with van der Waals surface area (Å²) in [4.78, 5) is 41.0. The van der Waals surface area contributed by atoms with Gasteiger partial charge in [-0.1, -0.05) is 47.5 Å². The van der Waals surface area contributed by atoms with Crippen LogP contribution in [0.5, 0.6) is 0 Å². The van der Waals surface area contributed by atoms with Crippen LogP contribution < -0.4 is 21.7 Å². The Morgan fingerprint density at radius 2 is 1.65 bits per heavy atom. The van der Waals surface area contributed by atoms with Crippen molar-refractivity contribution in [1.29, 1.82) is 5.26 Å². The molecule has 3 aromatic rings. The Balaban J connectivity index is 1.66. The normalized spacial score (nSPS) is 11.6. The highest BCUT2D eigenvalue weighted by molar-refractivity contribution is 6.39. The van der Waals surface area contributed by atoms with Crippen molar-refractivity contribution in [1.82, 2.24) is 10.6 Å². The maximum absolute atomic E-state index is 12.6. The van der Waals surface area contributed by atoms with Crippen molar-refractivity contribution in [2.45, 2.75) is 12.5 Å². The quantitative estimate of drug-likeness (QED) is 0.126. The number of nitrogens with one attached hydrogen (secondary N) is 3. The van der Waals surface area contributed by atoms with Gasteiger partial charge in [-0.05, 0) is 48.0 Å². The first-order chi connectivity index (χ1) is 17.7. The summed E-state index contributed by atoms with van der Waals surface area (Å²) in [5, 5.41) is 25.8. The number of anilines is 1. The Morgan fingerprint density at radius 1 is 1.00 bits per heavy atom. The number of nitrogens with two attached hydrogens (primary N) is 1. The minimum absolute atomic E-state index is 0.00563. The molecule has 2 amide bonds. The van der Waals surface area contributed by atoms with Gasteiger partial charge in [-0.15, -0.1) is 0 Å². The number of carbonyl (C=O) groups excluding carboxylic acids is 2. The van der Waals surface area contributed by atoms with Crippen LogP contribution in [0.1, 0.15) is 26.3 Å². The number of guanidine groups is 1. The number of benzene rings is 3. The van der Waals surface area contributed by atoms with Gasteiger partial charge in [0.1, 0.15) is 6.04 Å². The molecule has 0 aliphatic carbocycles. The third-order valence-corrected chi connectivity index (χ3v) is 5.62. The monoisotopic (exact) mass is 538 g/mol. The molecule has 0 spiro atoms. The number of hydrogen-bond donors (Lipinski definition) is 5. The fourth-order valence-corrected chi connectivity index (χ4v) is 3.82. The molecule has 188 valence electrons. The molecule has 3 aromatic carbocycles. The van der Waals surface area contributed by atoms with Crippen molar-refractivity contribution in [2.75, 3.05) is 5.32 Å². The van der Waals surface area contributed by atoms with Crippen molar-refractivity contribution in [2.24, 2.45) is 10.7 Å². The standard InChI is InChI=1S/C25H20Cl2N6O4/c26-18-5-2-6-19(27)21(18)23(35)33-20(24(36)37)11-14-7-9-16(10-8-14)31-22(34)15-3-1-4-17(12-15)32-25(29)30-13-28/h1-10,12,20H,11H2,(H,31,34)(H,33,35)(H,36,37)(H3,29,30,32)/t20-/m0/s1. The van der Waals surface area contributed by atoms with Gasteiger partial charge in [0, 0.05) is 17.7 Å². The summed E-state index contributed by atoms with van der Waals surface area (Å²) in [6.45, 7) is 0. The van der Waals surface area contributed by atoms with E-state index >= 15 is 0 Å². The molecule has 0 bridgehead atoms. The van der Waals surface area contributed by atoms with E-state index in [2.05, 4.69) is 20.9 Å². The van der Waals surface area contributed by atoms with E-state index in [-0.39, 0.29) is 28.0 Å². The van der Waals surface area contributed by atoms with Gasteiger partial charge >= 0.3 is 5.97 Å². The second-order valence-corrected chi connectivity index (χ2v) is 8.41. The summed E-state index contributed by atoms with van der Waals surface area (Å²) in [6.07, 6.45) is 1.63. The van der Waals surface area contributed by atoms with Crippen molar-refractivity contribution >= 4 is 58.3 Å². The summed E-state index contributed by atoms with van der Waals surface area (Å²) in [5.74, 6) is -2.46. The highest BCUT2D eigenvalue weighted by Gasteiger charge is 2.23. The van der Waals surface area contributed by atoms with Gasteiger partial charge in [0.05, 0.1) is 21.3 Å². The van der Waals surface area contributed by atoms with E-state index < -0.39 is 23.8 Å². The zero-order chi connectivity index (χ0) is 26.9. The number of rotatable bonds is 8. The van der Waals surface area contributed by atoms with Gasteiger partial charge in [0.25, 0.3) is 11.8 Å². The second kappa shape index (κ2) is 12.4. The van der Waals surface area contributed by atoms with E-state index in [1.54, 1.807) is 54.7 Å². The summed E-state index contributed by atoms with van der Waals surface area (Å²) in [5.41, 5.74) is 7.30. The molecule has 10 nitrogen and oxygen atoms in total. The molecule has 0 saturated heterocycles. The number of hydrogen-bond acceptors (Lipinski definition) is 5. The summed E-state index contributed by atoms with van der Waals surface area (Å²) >= 11 is 12.1. The van der Waals surface area contributed by atoms with Crippen LogP contribution in [0.4, 0.5) is 11.4 Å². The fourth-order valence-electron chi connectivity index (χ4n) is 3.25. The van der Waals surface area contributed by atoms with Gasteiger partial charge in [0.2, 0.25) is 5.96 Å². The molecule has 12 heteroatoms. The fraction of sp³-hybridized carbons (Fsp3) is 0.0800. The molecule has 37 heavy (non-hydrogen) atoms. The van der Waals surface area contributed by atoms with E-state index in [0.717, 1.165) is 0 Å². The number of amides is 2. The zero-order valence-corrected chi connectivity index (χ0v) is 20.5. The largest absolute Gasteiger partial charge is 0.480 e. The van der Waals surface area contributed by atoms with Crippen LogP contribution in [-0.4, -0.2) is 34.9 Å². The molecule has 0 heterocycles. The molecule has 3 rings (SSSR count). The predicted molar refractivity (Wildman–Crippen MR) is 140 cm³/mol. The van der Waals surface area contributed by atoms with Gasteiger partial charge in [-0.3, -0.25) is 14.9 Å². The third kappa shape index (κ3) is 7.44. The molecule has 0 radical (unpaired) electrons. The van der Waals surface area contributed by atoms with Crippen molar-refractivity contribution < 1.29 is 19.5 Å². The van der Waals surface area contributed by atoms with Gasteiger partial charge in [-0.25, -0.2) is 9.79 Å². The SMILES string of the molecule is N#CNC(N)=Nc1cccc(C(=O)Nc2ccc(C[C@H](NC(=O)c3c(Cl)cccc3Cl)C(=O)O)cc2)c1. The van der Waals surface area contributed by atoms with Crippen molar-refractivity contribution in [3.05, 3.63) is 93.5 Å². The third-order valence-electron chi connectivity index (χ3n) is 4.99. The van der Waals surface area contributed by atoms with Crippen molar-refractivity contribution in [3.8, 4) is 6.19 Å². The number of halogens is 2. The van der Waals surface area contributed by atoms with Crippen LogP contribution in [-0.2, 0) is 11.2 Å². The van der Waals surface area contributed by atoms with E-state index in [4.69, 9.17) is 34.2 Å². The topological polar surface area (TPSA) is 170 Å². The molecule has 6 N–H and O–H groups in total. The first-order valence-electron chi connectivity index (χ1n) is 10.6. The van der Waals surface area contributed by atoms with Crippen LogP contribution in [0, 0.1) is 11.5 Å². The molecular weight excluding hydrogens is 519 g/mol. The summed E-state index contributed by atoms with van der Waals surface area (Å²) < 4.78 is 0. The zero-order valence-electron chi connectivity index (χ0n) is 19.0. The smallest absolute Gasteiger partial charge is 0.326 e. The van der Waals surface area contributed by atoms with E-state index in [0.29, 0.717) is 22.5 Å². The van der Waals surface area contributed by atoms with E-state index in [9.17, 15) is 19.5 Å². The van der Waals surface area contributed by atoms with Gasteiger partial charge < -0.3 is 21.5 Å². The van der Waals surface area contributed by atoms with E-state index in [1.165, 1.54) is 18.2 Å². The predicted octanol–water partition coefficient (Wildman–Crippen LogP) is 3.69. The maximum atomic E-state index is 12.6. The number of nitrogens with zero attached hydrogens (tertiary/aromatic N) is 2. The minimum atomic E-state index is -1.24. The molecule has 0 aromatic heterocycles. The Kier molecular flexibility index (Phi) is 9.05. The minimum Gasteiger partial charge on any atom is -0.480 e. The molecule has 0 unspecified atom stereocenters. The van der Waals surface area contributed by atoms with Gasteiger partial charge in [-0.2, -0.15) is 5.26 Å². The van der Waals surface area contributed by atoms with Crippen LogP contribution in [0.25, 0.3) is 0 Å². The Hall–Kier alpha value is -4.59. The first-order valence-corrected chi connectivity index (χ1v) is 11.4. The molecule has 1 atom stereocenters. The number of aliphatic carboxylic acids is 1. The Labute approximate surface area is 221 Å². The molecule has 0 aliphatic rings. The molecule has 0 aliphatic heterocycles. The number of aliphatic imine (C=N–C) groups is 1. The van der Waals surface area contributed by atoms with Crippen LogP contribution in [0.2, 0.25) is 10.0 Å². The summed E-state index contributed by atoms with van der Waals surface area (Å²) in [7, 11) is 0. The molecular formula is C25H20Cl2N6O4. The lowest BCUT2D eigenvalue weighted by Gasteiger charge is -2.16. The maximum Gasteiger partial charge on any atom is 0.326 e. The highest BCUT2D eigenvalue weighted by atomic mass is 35.5. The second-order valence-electron chi connectivity index (χ2n) is 7.60. The van der Waals surface area contributed by atoms with E-state index in [1.807, 2.05) is 0 Å². The number of carboxylic acid groups (broad SMARTS) is 1. The van der Waals surface area contributed by atoms with Gasteiger partial charge in [0.15, 0.2) is 6.19 Å². The molecule has 0 fully saturated rings. The number of nitriles is 1. The number of carboxylic acids is 1. The lowest BCUT2D eigenvalue weighted by atomic mass is 10.0.